The molecule has 0 unspecified atom stereocenters. The Hall–Kier alpha value is -1.89. The molecule has 1 heterocycles. The molecule has 18 heavy (non-hydrogen) atoms. The summed E-state index contributed by atoms with van der Waals surface area (Å²) < 4.78 is 0. The van der Waals surface area contributed by atoms with Crippen molar-refractivity contribution >= 4 is 28.3 Å². The minimum atomic E-state index is -0.426. The molecule has 0 fully saturated rings. The van der Waals surface area contributed by atoms with Crippen molar-refractivity contribution in [3.8, 4) is 0 Å². The van der Waals surface area contributed by atoms with Crippen LogP contribution in [-0.4, -0.2) is 26.6 Å². The third-order valence-corrected chi connectivity index (χ3v) is 3.47. The minimum absolute atomic E-state index is 0.0709. The van der Waals surface area contributed by atoms with Crippen LogP contribution in [0.5, 0.6) is 0 Å². The fraction of sp³-hybridized carbons (Fsp3) is 0.273. The van der Waals surface area contributed by atoms with Crippen LogP contribution in [0, 0.1) is 15.5 Å². The summed E-state index contributed by atoms with van der Waals surface area (Å²) in [4.78, 5) is 10.1. The first-order valence-corrected chi connectivity index (χ1v) is 6.31. The highest BCUT2D eigenvalue weighted by Crippen LogP contribution is 2.19. The highest BCUT2D eigenvalue weighted by Gasteiger charge is 2.16. The summed E-state index contributed by atoms with van der Waals surface area (Å²) in [5.74, 6) is 0.746. The maximum Gasteiger partial charge on any atom is 0.269 e. The molecule has 94 valence electrons. The quantitative estimate of drug-likeness (QED) is 0.671. The average Bonchev–Trinajstić information content (AvgIpc) is 2.34. The normalized spacial score (nSPS) is 15.5. The summed E-state index contributed by atoms with van der Waals surface area (Å²) in [5.41, 5.74) is 1.93. The number of nitro groups is 1. The summed E-state index contributed by atoms with van der Waals surface area (Å²) in [7, 11) is 0. The van der Waals surface area contributed by atoms with Gasteiger partial charge in [0.1, 0.15) is 0 Å². The maximum absolute atomic E-state index is 10.5. The van der Waals surface area contributed by atoms with Crippen LogP contribution in [0.2, 0.25) is 0 Å². The lowest BCUT2D eigenvalue weighted by Crippen LogP contribution is -2.28. The van der Waals surface area contributed by atoms with E-state index in [1.807, 2.05) is 6.92 Å². The summed E-state index contributed by atoms with van der Waals surface area (Å²) in [6, 6.07) is 6.31. The van der Waals surface area contributed by atoms with Crippen molar-refractivity contribution in [2.24, 2.45) is 5.10 Å². The highest BCUT2D eigenvalue weighted by molar-refractivity contribution is 8.14. The Morgan fingerprint density at radius 1 is 1.50 bits per heavy atom. The molecule has 6 nitrogen and oxygen atoms in total. The smallest absolute Gasteiger partial charge is 0.269 e. The molecule has 0 spiro atoms. The van der Waals surface area contributed by atoms with E-state index in [2.05, 4.69) is 5.10 Å². The van der Waals surface area contributed by atoms with Gasteiger partial charge < -0.3 is 0 Å². The van der Waals surface area contributed by atoms with Crippen molar-refractivity contribution < 1.29 is 4.92 Å². The van der Waals surface area contributed by atoms with Gasteiger partial charge in [-0.1, -0.05) is 23.9 Å². The summed E-state index contributed by atoms with van der Waals surface area (Å²) >= 11 is 1.43. The van der Waals surface area contributed by atoms with Crippen LogP contribution in [0.15, 0.2) is 29.4 Å². The standard InChI is InChI=1S/C11H12N4O2S/c1-8-7-18-11(12)14(13-8)6-9-2-4-10(5-3-9)15(16)17/h2-5,12H,6-7H2,1H3. The number of nitrogens with one attached hydrogen (secondary N) is 1. The molecule has 1 aliphatic rings. The first kappa shape index (κ1) is 12.6. The zero-order chi connectivity index (χ0) is 13.1. The number of nitro benzene ring substituents is 1. The van der Waals surface area contributed by atoms with Crippen LogP contribution in [-0.2, 0) is 6.54 Å². The minimum Gasteiger partial charge on any atom is -0.277 e. The van der Waals surface area contributed by atoms with E-state index in [4.69, 9.17) is 5.41 Å². The predicted molar refractivity (Wildman–Crippen MR) is 71.9 cm³/mol. The zero-order valence-electron chi connectivity index (χ0n) is 9.79. The molecule has 0 amide bonds. The van der Waals surface area contributed by atoms with Crippen molar-refractivity contribution in [3.63, 3.8) is 0 Å². The Labute approximate surface area is 108 Å². The number of benzene rings is 1. The van der Waals surface area contributed by atoms with Crippen molar-refractivity contribution in [3.05, 3.63) is 39.9 Å². The third kappa shape index (κ3) is 2.86. The van der Waals surface area contributed by atoms with E-state index >= 15 is 0 Å². The lowest BCUT2D eigenvalue weighted by molar-refractivity contribution is -0.384. The molecule has 0 radical (unpaired) electrons. The van der Waals surface area contributed by atoms with Crippen molar-refractivity contribution in [1.29, 1.82) is 5.41 Å². The van der Waals surface area contributed by atoms with Crippen molar-refractivity contribution in [2.75, 3.05) is 5.75 Å². The molecule has 1 aliphatic heterocycles. The first-order valence-electron chi connectivity index (χ1n) is 5.32. The second-order valence-electron chi connectivity index (χ2n) is 3.91. The number of hydrazone groups is 1. The van der Waals surface area contributed by atoms with Crippen LogP contribution in [0.25, 0.3) is 0 Å². The molecule has 1 N–H and O–H groups in total. The van der Waals surface area contributed by atoms with Crippen molar-refractivity contribution in [2.45, 2.75) is 13.5 Å². The van der Waals surface area contributed by atoms with E-state index in [9.17, 15) is 10.1 Å². The lowest BCUT2D eigenvalue weighted by Gasteiger charge is -2.23. The average molecular weight is 264 g/mol. The fourth-order valence-corrected chi connectivity index (χ4v) is 2.19. The molecule has 2 rings (SSSR count). The molecule has 0 bridgehead atoms. The molecule has 7 heteroatoms. The van der Waals surface area contributed by atoms with E-state index in [1.165, 1.54) is 23.9 Å². The molecule has 1 aromatic rings. The second-order valence-corrected chi connectivity index (χ2v) is 4.87. The van der Waals surface area contributed by atoms with Gasteiger partial charge >= 0.3 is 0 Å². The topological polar surface area (TPSA) is 82.6 Å². The lowest BCUT2D eigenvalue weighted by atomic mass is 10.2. The van der Waals surface area contributed by atoms with Crippen LogP contribution in [0.3, 0.4) is 0 Å². The monoisotopic (exact) mass is 264 g/mol. The van der Waals surface area contributed by atoms with Gasteiger partial charge in [0.2, 0.25) is 0 Å². The van der Waals surface area contributed by atoms with Gasteiger partial charge in [0.05, 0.1) is 11.5 Å². The van der Waals surface area contributed by atoms with Gasteiger partial charge in [-0.05, 0) is 12.5 Å². The van der Waals surface area contributed by atoms with E-state index in [1.54, 1.807) is 17.1 Å². The molecule has 0 atom stereocenters. The zero-order valence-corrected chi connectivity index (χ0v) is 10.6. The molecular formula is C11H12N4O2S. The fourth-order valence-electron chi connectivity index (χ4n) is 1.53. The summed E-state index contributed by atoms with van der Waals surface area (Å²) in [5, 5.41) is 24.6. The van der Waals surface area contributed by atoms with Gasteiger partial charge in [-0.2, -0.15) is 5.10 Å². The summed E-state index contributed by atoms with van der Waals surface area (Å²) in [6.07, 6.45) is 0. The number of rotatable bonds is 3. The van der Waals surface area contributed by atoms with E-state index in [0.29, 0.717) is 11.7 Å². The number of hydrogen-bond donors (Lipinski definition) is 1. The van der Waals surface area contributed by atoms with Crippen LogP contribution in [0.1, 0.15) is 12.5 Å². The van der Waals surface area contributed by atoms with E-state index in [-0.39, 0.29) is 5.69 Å². The molecule has 0 aromatic heterocycles. The molecule has 0 saturated heterocycles. The molecule has 0 aliphatic carbocycles. The third-order valence-electron chi connectivity index (χ3n) is 2.42. The molecule has 1 aromatic carbocycles. The van der Waals surface area contributed by atoms with Gasteiger partial charge in [-0.15, -0.1) is 0 Å². The number of amidine groups is 1. The molecule has 0 saturated carbocycles. The van der Waals surface area contributed by atoms with Gasteiger partial charge in [-0.25, -0.2) is 5.01 Å². The number of non-ortho nitro benzene ring substituents is 1. The Morgan fingerprint density at radius 2 is 2.17 bits per heavy atom. The van der Waals surface area contributed by atoms with Crippen molar-refractivity contribution in [1.82, 2.24) is 5.01 Å². The van der Waals surface area contributed by atoms with E-state index < -0.39 is 4.92 Å². The van der Waals surface area contributed by atoms with Gasteiger partial charge in [0.25, 0.3) is 5.69 Å². The predicted octanol–water partition coefficient (Wildman–Crippen LogP) is 2.45. The summed E-state index contributed by atoms with van der Waals surface area (Å²) in [6.45, 7) is 2.38. The number of hydrogen-bond acceptors (Lipinski definition) is 5. The highest BCUT2D eigenvalue weighted by atomic mass is 32.2. The Morgan fingerprint density at radius 3 is 2.78 bits per heavy atom. The largest absolute Gasteiger partial charge is 0.277 e. The Kier molecular flexibility index (Phi) is 3.61. The Bertz CT molecular complexity index is 512. The Balaban J connectivity index is 2.11. The van der Waals surface area contributed by atoms with Gasteiger partial charge in [-0.3, -0.25) is 15.5 Å². The maximum atomic E-state index is 10.5. The van der Waals surface area contributed by atoms with Gasteiger partial charge in [0.15, 0.2) is 5.17 Å². The second kappa shape index (κ2) is 5.18. The first-order chi connectivity index (χ1) is 8.56. The van der Waals surface area contributed by atoms with Crippen LogP contribution in [0.4, 0.5) is 5.69 Å². The van der Waals surface area contributed by atoms with Crippen LogP contribution >= 0.6 is 11.8 Å². The van der Waals surface area contributed by atoms with Crippen LogP contribution < -0.4 is 0 Å². The SMILES string of the molecule is CC1=NN(Cc2ccc([N+](=O)[O-])cc2)C(=N)SC1. The van der Waals surface area contributed by atoms with E-state index in [0.717, 1.165) is 17.0 Å². The number of nitrogens with zero attached hydrogens (tertiary/aromatic N) is 3. The number of thioether (sulfide) groups is 1. The van der Waals surface area contributed by atoms with Gasteiger partial charge in [0, 0.05) is 23.6 Å². The molecular weight excluding hydrogens is 252 g/mol.